The Hall–Kier alpha value is -0.700. The molecule has 2 rings (SSSR count). The molecule has 9 heteroatoms. The van der Waals surface area contributed by atoms with Crippen LogP contribution in [0.1, 0.15) is 32.6 Å². The molecule has 6 nitrogen and oxygen atoms in total. The lowest BCUT2D eigenvalue weighted by atomic mass is 9.86. The van der Waals surface area contributed by atoms with Crippen molar-refractivity contribution in [3.8, 4) is 0 Å². The van der Waals surface area contributed by atoms with E-state index in [0.29, 0.717) is 32.3 Å². The summed E-state index contributed by atoms with van der Waals surface area (Å²) in [6.45, 7) is 2.15. The van der Waals surface area contributed by atoms with Gasteiger partial charge in [0, 0.05) is 6.04 Å². The van der Waals surface area contributed by atoms with Crippen LogP contribution in [0.15, 0.2) is 10.4 Å². The topological polar surface area (TPSA) is 85.4 Å². The van der Waals surface area contributed by atoms with Gasteiger partial charge in [-0.15, -0.1) is 0 Å². The van der Waals surface area contributed by atoms with E-state index in [4.69, 9.17) is 16.3 Å². The third-order valence-electron chi connectivity index (χ3n) is 3.39. The molecule has 1 heterocycles. The van der Waals surface area contributed by atoms with Crippen LogP contribution in [-0.2, 0) is 19.6 Å². The summed E-state index contributed by atoms with van der Waals surface area (Å²) in [5, 5.41) is 0. The minimum Gasteiger partial charge on any atom is -0.466 e. The molecule has 21 heavy (non-hydrogen) atoms. The fourth-order valence-electron chi connectivity index (χ4n) is 2.35. The molecule has 1 aliphatic carbocycles. The van der Waals surface area contributed by atoms with Crippen LogP contribution < -0.4 is 4.72 Å². The Morgan fingerprint density at radius 3 is 2.67 bits per heavy atom. The Balaban J connectivity index is 1.90. The number of esters is 1. The van der Waals surface area contributed by atoms with Crippen LogP contribution in [-0.4, -0.2) is 32.0 Å². The standard InChI is InChI=1S/C12H17ClN2O4S2/c1-2-19-11(16)8-3-5-9(6-4-8)15-21(17,18)10-7-14-12(13)20-10/h7-9,15H,2-6H2,1H3. The quantitative estimate of drug-likeness (QED) is 0.821. The van der Waals surface area contributed by atoms with Gasteiger partial charge in [-0.3, -0.25) is 4.79 Å². The van der Waals surface area contributed by atoms with Gasteiger partial charge in [-0.25, -0.2) is 18.1 Å². The third-order valence-corrected chi connectivity index (χ3v) is 6.49. The Bertz CT molecular complexity index is 594. The van der Waals surface area contributed by atoms with E-state index in [1.807, 2.05) is 0 Å². The van der Waals surface area contributed by atoms with Gasteiger partial charge in [-0.2, -0.15) is 0 Å². The normalized spacial score (nSPS) is 23.0. The molecule has 0 aromatic carbocycles. The van der Waals surface area contributed by atoms with Gasteiger partial charge >= 0.3 is 5.97 Å². The van der Waals surface area contributed by atoms with Crippen molar-refractivity contribution < 1.29 is 17.9 Å². The number of sulfonamides is 1. The minimum atomic E-state index is -3.58. The van der Waals surface area contributed by atoms with Crippen molar-refractivity contribution in [2.75, 3.05) is 6.61 Å². The average molecular weight is 353 g/mol. The minimum absolute atomic E-state index is 0.111. The zero-order valence-corrected chi connectivity index (χ0v) is 13.9. The molecule has 0 amide bonds. The van der Waals surface area contributed by atoms with Crippen molar-refractivity contribution in [3.05, 3.63) is 10.7 Å². The number of halogens is 1. The fourth-order valence-corrected chi connectivity index (χ4v) is 4.96. The molecule has 118 valence electrons. The summed E-state index contributed by atoms with van der Waals surface area (Å²) in [6, 6.07) is -0.165. The summed E-state index contributed by atoms with van der Waals surface area (Å²) in [7, 11) is -3.58. The van der Waals surface area contributed by atoms with E-state index in [1.165, 1.54) is 6.20 Å². The van der Waals surface area contributed by atoms with Crippen molar-refractivity contribution in [3.63, 3.8) is 0 Å². The van der Waals surface area contributed by atoms with E-state index in [2.05, 4.69) is 9.71 Å². The van der Waals surface area contributed by atoms with Crippen LogP contribution in [0.4, 0.5) is 0 Å². The molecule has 0 saturated heterocycles. The zero-order chi connectivity index (χ0) is 15.5. The number of hydrogen-bond acceptors (Lipinski definition) is 6. The largest absolute Gasteiger partial charge is 0.466 e. The monoisotopic (exact) mass is 352 g/mol. The predicted molar refractivity (Wildman–Crippen MR) is 79.8 cm³/mol. The summed E-state index contributed by atoms with van der Waals surface area (Å²) in [5.41, 5.74) is 0. The Labute approximate surface area is 132 Å². The second kappa shape index (κ2) is 7.04. The lowest BCUT2D eigenvalue weighted by molar-refractivity contribution is -0.149. The summed E-state index contributed by atoms with van der Waals surface area (Å²) in [4.78, 5) is 15.4. The first-order valence-corrected chi connectivity index (χ1v) is 9.40. The molecule has 1 aromatic heterocycles. The van der Waals surface area contributed by atoms with Crippen LogP contribution >= 0.6 is 22.9 Å². The molecule has 0 unspecified atom stereocenters. The molecule has 1 aliphatic rings. The number of carbonyl (C=O) groups excluding carboxylic acids is 1. The average Bonchev–Trinajstić information content (AvgIpc) is 2.87. The van der Waals surface area contributed by atoms with Gasteiger partial charge in [0.2, 0.25) is 0 Å². The highest BCUT2D eigenvalue weighted by Crippen LogP contribution is 2.28. The second-order valence-electron chi connectivity index (χ2n) is 4.85. The van der Waals surface area contributed by atoms with E-state index >= 15 is 0 Å². The van der Waals surface area contributed by atoms with Gasteiger partial charge < -0.3 is 4.74 Å². The first-order chi connectivity index (χ1) is 9.92. The van der Waals surface area contributed by atoms with E-state index in [-0.39, 0.29) is 26.6 Å². The first kappa shape index (κ1) is 16.7. The Kier molecular flexibility index (Phi) is 5.59. The number of hydrogen-bond donors (Lipinski definition) is 1. The van der Waals surface area contributed by atoms with Crippen LogP contribution in [0, 0.1) is 5.92 Å². The van der Waals surface area contributed by atoms with Gasteiger partial charge in [-0.05, 0) is 32.6 Å². The molecule has 1 fully saturated rings. The number of thiazole rings is 1. The number of ether oxygens (including phenoxy) is 1. The van der Waals surface area contributed by atoms with E-state index < -0.39 is 10.0 Å². The maximum Gasteiger partial charge on any atom is 0.308 e. The lowest BCUT2D eigenvalue weighted by Gasteiger charge is -2.27. The first-order valence-electron chi connectivity index (χ1n) is 6.72. The molecule has 1 saturated carbocycles. The number of nitrogens with zero attached hydrogens (tertiary/aromatic N) is 1. The SMILES string of the molecule is CCOC(=O)C1CCC(NS(=O)(=O)c2cnc(Cl)s2)CC1. The third kappa shape index (κ3) is 4.38. The fraction of sp³-hybridized carbons (Fsp3) is 0.667. The van der Waals surface area contributed by atoms with Gasteiger partial charge in [0.1, 0.15) is 0 Å². The lowest BCUT2D eigenvalue weighted by Crippen LogP contribution is -2.38. The molecule has 1 aromatic rings. The van der Waals surface area contributed by atoms with Crippen LogP contribution in [0.2, 0.25) is 4.47 Å². The van der Waals surface area contributed by atoms with Gasteiger partial charge in [0.25, 0.3) is 10.0 Å². The van der Waals surface area contributed by atoms with E-state index in [9.17, 15) is 13.2 Å². The molecule has 1 N–H and O–H groups in total. The van der Waals surface area contributed by atoms with E-state index in [1.54, 1.807) is 6.92 Å². The Morgan fingerprint density at radius 2 is 2.14 bits per heavy atom. The van der Waals surface area contributed by atoms with Crippen LogP contribution in [0.3, 0.4) is 0 Å². The smallest absolute Gasteiger partial charge is 0.308 e. The van der Waals surface area contributed by atoms with Crippen molar-refractivity contribution in [1.29, 1.82) is 0 Å². The van der Waals surface area contributed by atoms with Gasteiger partial charge in [0.15, 0.2) is 8.68 Å². The van der Waals surface area contributed by atoms with Gasteiger partial charge in [0.05, 0.1) is 18.7 Å². The Morgan fingerprint density at radius 1 is 1.48 bits per heavy atom. The summed E-state index contributed by atoms with van der Waals surface area (Å²) in [5.74, 6) is -0.309. The van der Waals surface area contributed by atoms with Crippen molar-refractivity contribution in [1.82, 2.24) is 9.71 Å². The summed E-state index contributed by atoms with van der Waals surface area (Å²) < 4.78 is 32.2. The number of rotatable bonds is 5. The highest BCUT2D eigenvalue weighted by Gasteiger charge is 2.30. The van der Waals surface area contributed by atoms with Crippen molar-refractivity contribution in [2.45, 2.75) is 42.9 Å². The molecule has 0 aliphatic heterocycles. The molecule has 0 bridgehead atoms. The summed E-state index contributed by atoms with van der Waals surface area (Å²) >= 11 is 6.58. The number of nitrogens with one attached hydrogen (secondary N) is 1. The summed E-state index contributed by atoms with van der Waals surface area (Å²) in [6.07, 6.45) is 3.76. The maximum absolute atomic E-state index is 12.1. The highest BCUT2D eigenvalue weighted by atomic mass is 35.5. The molecular weight excluding hydrogens is 336 g/mol. The van der Waals surface area contributed by atoms with Crippen LogP contribution in [0.5, 0.6) is 0 Å². The molecule has 0 spiro atoms. The number of aromatic nitrogens is 1. The van der Waals surface area contributed by atoms with Crippen LogP contribution in [0.25, 0.3) is 0 Å². The second-order valence-corrected chi connectivity index (χ2v) is 8.41. The van der Waals surface area contributed by atoms with Gasteiger partial charge in [-0.1, -0.05) is 22.9 Å². The highest BCUT2D eigenvalue weighted by molar-refractivity contribution is 7.91. The molecule has 0 radical (unpaired) electrons. The van der Waals surface area contributed by atoms with Crippen molar-refractivity contribution >= 4 is 38.9 Å². The van der Waals surface area contributed by atoms with E-state index in [0.717, 1.165) is 11.3 Å². The number of carbonyl (C=O) groups is 1. The molecular formula is C12H17ClN2O4S2. The maximum atomic E-state index is 12.1. The predicted octanol–water partition coefficient (Wildman–Crippen LogP) is 2.20. The molecule has 0 atom stereocenters. The van der Waals surface area contributed by atoms with Crippen molar-refractivity contribution in [2.24, 2.45) is 5.92 Å². The zero-order valence-electron chi connectivity index (χ0n) is 11.5.